The second-order valence-electron chi connectivity index (χ2n) is 6.48. The normalized spacial score (nSPS) is 13.5. The molecular weight excluding hydrogens is 322 g/mol. The molecule has 0 fully saturated rings. The molecule has 0 aliphatic carbocycles. The fourth-order valence-corrected chi connectivity index (χ4v) is 4.55. The number of hydrogen-bond acceptors (Lipinski definition) is 3. The van der Waals surface area contributed by atoms with E-state index in [1.54, 1.807) is 18.5 Å². The maximum atomic E-state index is 12.8. The monoisotopic (exact) mass is 349 g/mol. The third kappa shape index (κ3) is 3.70. The van der Waals surface area contributed by atoms with Crippen LogP contribution in [0.25, 0.3) is 0 Å². The molecule has 0 saturated carbocycles. The van der Waals surface area contributed by atoms with E-state index >= 15 is 0 Å². The van der Waals surface area contributed by atoms with Crippen LogP contribution in [0.2, 0.25) is 0 Å². The zero-order valence-electron chi connectivity index (χ0n) is 15.3. The van der Waals surface area contributed by atoms with E-state index in [4.69, 9.17) is 0 Å². The van der Waals surface area contributed by atoms with Crippen LogP contribution in [-0.2, 0) is 16.6 Å². The average Bonchev–Trinajstić information content (AvgIpc) is 2.81. The Kier molecular flexibility index (Phi) is 5.50. The van der Waals surface area contributed by atoms with E-state index < -0.39 is 10.0 Å². The average molecular weight is 350 g/mol. The molecule has 0 unspecified atom stereocenters. The smallest absolute Gasteiger partial charge is 0.244 e. The predicted octanol–water partition coefficient (Wildman–Crippen LogP) is 3.68. The highest BCUT2D eigenvalue weighted by molar-refractivity contribution is 7.89. The minimum Gasteiger partial charge on any atom is -0.268 e. The van der Waals surface area contributed by atoms with Crippen molar-refractivity contribution in [2.75, 3.05) is 0 Å². The van der Waals surface area contributed by atoms with Gasteiger partial charge in [0.1, 0.15) is 4.90 Å². The van der Waals surface area contributed by atoms with Gasteiger partial charge in [-0.25, -0.2) is 13.1 Å². The highest BCUT2D eigenvalue weighted by Gasteiger charge is 2.26. The zero-order chi connectivity index (χ0) is 18.1. The predicted molar refractivity (Wildman–Crippen MR) is 96.6 cm³/mol. The molecule has 1 N–H and O–H groups in total. The molecule has 1 atom stereocenters. The fraction of sp³-hybridized carbons (Fsp3) is 0.500. The summed E-state index contributed by atoms with van der Waals surface area (Å²) in [5, 5.41) is 4.30. The Morgan fingerprint density at radius 1 is 1.08 bits per heavy atom. The van der Waals surface area contributed by atoms with Crippen LogP contribution in [0, 0.1) is 13.8 Å². The van der Waals surface area contributed by atoms with Gasteiger partial charge in [-0.1, -0.05) is 38.1 Å². The van der Waals surface area contributed by atoms with Crippen molar-refractivity contribution < 1.29 is 8.42 Å². The van der Waals surface area contributed by atoms with E-state index in [9.17, 15) is 8.42 Å². The van der Waals surface area contributed by atoms with Crippen LogP contribution in [0.5, 0.6) is 0 Å². The van der Waals surface area contributed by atoms with Crippen LogP contribution in [0.1, 0.15) is 62.2 Å². The van der Waals surface area contributed by atoms with E-state index in [1.165, 1.54) is 5.56 Å². The Labute approximate surface area is 145 Å². The molecule has 0 spiro atoms. The summed E-state index contributed by atoms with van der Waals surface area (Å²) >= 11 is 0. The number of hydrogen-bond donors (Lipinski definition) is 1. The van der Waals surface area contributed by atoms with Crippen LogP contribution in [0.4, 0.5) is 0 Å². The van der Waals surface area contributed by atoms with Gasteiger partial charge in [0.2, 0.25) is 10.0 Å². The van der Waals surface area contributed by atoms with Crippen molar-refractivity contribution in [1.29, 1.82) is 0 Å². The lowest BCUT2D eigenvalue weighted by Crippen LogP contribution is -2.27. The topological polar surface area (TPSA) is 64.0 Å². The number of aromatic nitrogens is 2. The Balaban J connectivity index is 2.27. The molecule has 0 radical (unpaired) electrons. The molecule has 0 aliphatic heterocycles. The van der Waals surface area contributed by atoms with Crippen molar-refractivity contribution >= 4 is 10.0 Å². The Morgan fingerprint density at radius 2 is 1.62 bits per heavy atom. The Bertz CT molecular complexity index is 806. The van der Waals surface area contributed by atoms with E-state index in [-0.39, 0.29) is 10.9 Å². The second-order valence-corrected chi connectivity index (χ2v) is 8.13. The van der Waals surface area contributed by atoms with Crippen molar-refractivity contribution in [3.05, 3.63) is 46.8 Å². The highest BCUT2D eigenvalue weighted by atomic mass is 32.2. The summed E-state index contributed by atoms with van der Waals surface area (Å²) in [6, 6.07) is 7.77. The molecule has 24 heavy (non-hydrogen) atoms. The van der Waals surface area contributed by atoms with Gasteiger partial charge in [0.05, 0.1) is 11.4 Å². The Morgan fingerprint density at radius 3 is 2.08 bits per heavy atom. The zero-order valence-corrected chi connectivity index (χ0v) is 16.1. The summed E-state index contributed by atoms with van der Waals surface area (Å²) < 4.78 is 30.1. The highest BCUT2D eigenvalue weighted by Crippen LogP contribution is 2.23. The molecule has 0 saturated heterocycles. The summed E-state index contributed by atoms with van der Waals surface area (Å²) in [5.41, 5.74) is 3.39. The molecule has 1 aromatic heterocycles. The van der Waals surface area contributed by atoms with E-state index in [0.29, 0.717) is 23.9 Å². The van der Waals surface area contributed by atoms with Gasteiger partial charge in [0.25, 0.3) is 0 Å². The number of nitrogens with zero attached hydrogens (tertiary/aromatic N) is 2. The molecule has 132 valence electrons. The number of nitrogens with one attached hydrogen (secondary N) is 1. The van der Waals surface area contributed by atoms with Crippen molar-refractivity contribution in [2.24, 2.45) is 0 Å². The SMILES string of the molecule is CCn1nc(C)c(S(=O)(=O)N[C@@H](C)c2ccc(C(C)C)cc2)c1C. The molecule has 1 aromatic carbocycles. The first kappa shape index (κ1) is 18.7. The van der Waals surface area contributed by atoms with Gasteiger partial charge in [-0.2, -0.15) is 5.10 Å². The molecule has 6 heteroatoms. The number of rotatable bonds is 6. The van der Waals surface area contributed by atoms with Crippen LogP contribution >= 0.6 is 0 Å². The fourth-order valence-electron chi connectivity index (χ4n) is 2.91. The molecule has 5 nitrogen and oxygen atoms in total. The number of aryl methyl sites for hydroxylation is 2. The number of benzene rings is 1. The molecule has 2 rings (SSSR count). The standard InChI is InChI=1S/C18H27N3O2S/c1-7-21-15(6)18(14(5)19-21)24(22,23)20-13(4)17-10-8-16(9-11-17)12(2)3/h8-13,20H,7H2,1-6H3/t13-/m0/s1. The van der Waals surface area contributed by atoms with Gasteiger partial charge in [0.15, 0.2) is 0 Å². The molecular formula is C18H27N3O2S. The molecule has 0 amide bonds. The lowest BCUT2D eigenvalue weighted by molar-refractivity contribution is 0.564. The minimum atomic E-state index is -3.62. The quantitative estimate of drug-likeness (QED) is 0.865. The third-order valence-corrected chi connectivity index (χ3v) is 6.11. The first-order valence-corrected chi connectivity index (χ1v) is 9.81. The Hall–Kier alpha value is -1.66. The first-order valence-electron chi connectivity index (χ1n) is 8.33. The lowest BCUT2D eigenvalue weighted by atomic mass is 10.00. The van der Waals surface area contributed by atoms with E-state index in [1.807, 2.05) is 26.0 Å². The van der Waals surface area contributed by atoms with Crippen LogP contribution < -0.4 is 4.72 Å². The largest absolute Gasteiger partial charge is 0.268 e. The third-order valence-electron chi connectivity index (χ3n) is 4.32. The summed E-state index contributed by atoms with van der Waals surface area (Å²) in [4.78, 5) is 0.287. The van der Waals surface area contributed by atoms with Crippen LogP contribution in [0.15, 0.2) is 29.2 Å². The van der Waals surface area contributed by atoms with E-state index in [2.05, 4.69) is 35.8 Å². The van der Waals surface area contributed by atoms with Gasteiger partial charge in [-0.3, -0.25) is 4.68 Å². The summed E-state index contributed by atoms with van der Waals surface area (Å²) in [5.74, 6) is 0.455. The van der Waals surface area contributed by atoms with Crippen molar-refractivity contribution in [3.8, 4) is 0 Å². The minimum absolute atomic E-state index is 0.287. The molecule has 0 bridgehead atoms. The van der Waals surface area contributed by atoms with E-state index in [0.717, 1.165) is 5.56 Å². The van der Waals surface area contributed by atoms with Gasteiger partial charge in [0, 0.05) is 12.6 Å². The van der Waals surface area contributed by atoms with Gasteiger partial charge >= 0.3 is 0 Å². The van der Waals surface area contributed by atoms with Crippen LogP contribution in [-0.4, -0.2) is 18.2 Å². The number of sulfonamides is 1. The summed E-state index contributed by atoms with van der Waals surface area (Å²) in [6.07, 6.45) is 0. The summed E-state index contributed by atoms with van der Waals surface area (Å²) in [7, 11) is -3.62. The van der Waals surface area contributed by atoms with Gasteiger partial charge in [-0.15, -0.1) is 0 Å². The first-order chi connectivity index (χ1) is 11.2. The lowest BCUT2D eigenvalue weighted by Gasteiger charge is -2.16. The summed E-state index contributed by atoms with van der Waals surface area (Å²) in [6.45, 7) is 12.2. The van der Waals surface area contributed by atoms with Gasteiger partial charge < -0.3 is 0 Å². The maximum Gasteiger partial charge on any atom is 0.244 e. The second kappa shape index (κ2) is 7.07. The molecule has 1 heterocycles. The maximum absolute atomic E-state index is 12.8. The van der Waals surface area contributed by atoms with Crippen LogP contribution in [0.3, 0.4) is 0 Å². The molecule has 0 aliphatic rings. The van der Waals surface area contributed by atoms with Crippen molar-refractivity contribution in [2.45, 2.75) is 64.9 Å². The van der Waals surface area contributed by atoms with Gasteiger partial charge in [-0.05, 0) is 44.7 Å². The van der Waals surface area contributed by atoms with Crippen molar-refractivity contribution in [1.82, 2.24) is 14.5 Å². The molecule has 2 aromatic rings. The van der Waals surface area contributed by atoms with Crippen molar-refractivity contribution in [3.63, 3.8) is 0 Å².